The lowest BCUT2D eigenvalue weighted by atomic mass is 10.1. The number of rotatable bonds is 6. The van der Waals surface area contributed by atoms with E-state index in [0.29, 0.717) is 18.5 Å². The molecule has 1 saturated heterocycles. The molecule has 0 saturated carbocycles. The molecule has 1 fully saturated rings. The Morgan fingerprint density at radius 3 is 2.71 bits per heavy atom. The topological polar surface area (TPSA) is 88.8 Å². The van der Waals surface area contributed by atoms with Crippen molar-refractivity contribution >= 4 is 17.3 Å². The van der Waals surface area contributed by atoms with Gasteiger partial charge in [-0.1, -0.05) is 13.0 Å². The van der Waals surface area contributed by atoms with Gasteiger partial charge in [-0.3, -0.25) is 4.90 Å². The van der Waals surface area contributed by atoms with Crippen molar-refractivity contribution in [2.75, 3.05) is 48.9 Å². The van der Waals surface area contributed by atoms with E-state index in [2.05, 4.69) is 51.1 Å². The number of ether oxygens (including phenoxy) is 2. The minimum atomic E-state index is 0.311. The molecule has 2 aromatic rings. The van der Waals surface area contributed by atoms with Crippen LogP contribution in [-0.4, -0.2) is 53.9 Å². The molecule has 0 amide bonds. The van der Waals surface area contributed by atoms with Crippen LogP contribution in [0.1, 0.15) is 25.8 Å². The van der Waals surface area contributed by atoms with Crippen LogP contribution >= 0.6 is 0 Å². The normalized spacial score (nSPS) is 17.6. The van der Waals surface area contributed by atoms with E-state index in [1.54, 1.807) is 6.33 Å². The van der Waals surface area contributed by atoms with Gasteiger partial charge in [-0.2, -0.15) is 0 Å². The largest absolute Gasteiger partial charge is 0.454 e. The molecular weight excluding hydrogens is 356 g/mol. The van der Waals surface area contributed by atoms with Crippen LogP contribution in [0, 0.1) is 0 Å². The number of hydrogen-bond acceptors (Lipinski definition) is 8. The highest BCUT2D eigenvalue weighted by Crippen LogP contribution is 2.33. The summed E-state index contributed by atoms with van der Waals surface area (Å²) in [5, 5.41) is 3.37. The first-order chi connectivity index (χ1) is 13.6. The van der Waals surface area contributed by atoms with Crippen LogP contribution in [0.5, 0.6) is 11.5 Å². The number of nitrogens with two attached hydrogens (primary N) is 1. The first kappa shape index (κ1) is 18.6. The van der Waals surface area contributed by atoms with Crippen molar-refractivity contribution in [1.29, 1.82) is 0 Å². The van der Waals surface area contributed by atoms with Gasteiger partial charge in [-0.25, -0.2) is 9.97 Å². The second-order valence-corrected chi connectivity index (χ2v) is 7.36. The molecule has 1 atom stereocenters. The molecule has 3 N–H and O–H groups in total. The first-order valence-electron chi connectivity index (χ1n) is 9.87. The average molecular weight is 384 g/mol. The van der Waals surface area contributed by atoms with Crippen molar-refractivity contribution < 1.29 is 9.47 Å². The molecule has 0 aliphatic carbocycles. The highest BCUT2D eigenvalue weighted by atomic mass is 16.7. The third kappa shape index (κ3) is 3.91. The van der Waals surface area contributed by atoms with Crippen LogP contribution in [0.15, 0.2) is 24.5 Å². The summed E-state index contributed by atoms with van der Waals surface area (Å²) in [7, 11) is 0. The van der Waals surface area contributed by atoms with Gasteiger partial charge in [-0.05, 0) is 31.0 Å². The highest BCUT2D eigenvalue weighted by Gasteiger charge is 2.22. The summed E-state index contributed by atoms with van der Waals surface area (Å²) in [6.45, 7) is 9.13. The van der Waals surface area contributed by atoms with Gasteiger partial charge in [0.2, 0.25) is 6.79 Å². The van der Waals surface area contributed by atoms with E-state index in [0.717, 1.165) is 62.3 Å². The number of piperazine rings is 1. The Kier molecular flexibility index (Phi) is 5.38. The summed E-state index contributed by atoms with van der Waals surface area (Å²) in [5.74, 6) is 3.21. The molecule has 3 heterocycles. The van der Waals surface area contributed by atoms with E-state index < -0.39 is 0 Å². The number of fused-ring (bicyclic) bond motifs is 1. The summed E-state index contributed by atoms with van der Waals surface area (Å²) in [5.41, 5.74) is 8.23. The van der Waals surface area contributed by atoms with Crippen molar-refractivity contribution in [2.45, 2.75) is 32.9 Å². The maximum Gasteiger partial charge on any atom is 0.231 e. The molecule has 150 valence electrons. The average Bonchev–Trinajstić information content (AvgIpc) is 3.18. The monoisotopic (exact) mass is 384 g/mol. The van der Waals surface area contributed by atoms with Crippen molar-refractivity contribution in [3.63, 3.8) is 0 Å². The molecule has 1 unspecified atom stereocenters. The minimum Gasteiger partial charge on any atom is -0.454 e. The van der Waals surface area contributed by atoms with Gasteiger partial charge in [0.1, 0.15) is 12.0 Å². The molecule has 0 bridgehead atoms. The van der Waals surface area contributed by atoms with Gasteiger partial charge in [-0.15, -0.1) is 0 Å². The Hall–Kier alpha value is -2.74. The number of benzene rings is 1. The van der Waals surface area contributed by atoms with Crippen LogP contribution in [0.4, 0.5) is 17.3 Å². The SMILES string of the molecule is CCC(C)Nc1ncnc(N2CCN(Cc3ccc4c(c3)OCO4)CC2)c1N. The lowest BCUT2D eigenvalue weighted by Crippen LogP contribution is -2.46. The Morgan fingerprint density at radius 1 is 1.14 bits per heavy atom. The van der Waals surface area contributed by atoms with E-state index in [1.807, 2.05) is 6.07 Å². The highest BCUT2D eigenvalue weighted by molar-refractivity contribution is 5.75. The fourth-order valence-electron chi connectivity index (χ4n) is 3.50. The van der Waals surface area contributed by atoms with Gasteiger partial charge < -0.3 is 25.4 Å². The number of aromatic nitrogens is 2. The number of anilines is 3. The fraction of sp³-hybridized carbons (Fsp3) is 0.500. The van der Waals surface area contributed by atoms with Crippen LogP contribution in [-0.2, 0) is 6.54 Å². The van der Waals surface area contributed by atoms with Crippen LogP contribution in [0.25, 0.3) is 0 Å². The fourth-order valence-corrected chi connectivity index (χ4v) is 3.50. The Labute approximate surface area is 165 Å². The molecule has 4 rings (SSSR count). The summed E-state index contributed by atoms with van der Waals surface area (Å²) in [6, 6.07) is 6.49. The van der Waals surface area contributed by atoms with Crippen molar-refractivity contribution in [1.82, 2.24) is 14.9 Å². The van der Waals surface area contributed by atoms with Crippen molar-refractivity contribution in [3.8, 4) is 11.5 Å². The van der Waals surface area contributed by atoms with E-state index in [-0.39, 0.29) is 0 Å². The predicted octanol–water partition coefficient (Wildman–Crippen LogP) is 2.32. The van der Waals surface area contributed by atoms with E-state index in [9.17, 15) is 0 Å². The van der Waals surface area contributed by atoms with Crippen LogP contribution in [0.2, 0.25) is 0 Å². The lowest BCUT2D eigenvalue weighted by molar-refractivity contribution is 0.174. The molecule has 2 aliphatic heterocycles. The smallest absolute Gasteiger partial charge is 0.231 e. The summed E-state index contributed by atoms with van der Waals surface area (Å²) < 4.78 is 10.9. The van der Waals surface area contributed by atoms with Gasteiger partial charge in [0.05, 0.1) is 0 Å². The standard InChI is InChI=1S/C20H28N6O2/c1-3-14(2)24-19-18(21)20(23-12-22-19)26-8-6-25(7-9-26)11-15-4-5-16-17(10-15)28-13-27-16/h4-5,10,12,14H,3,6-9,11,13,21H2,1-2H3,(H,22,23,24). The lowest BCUT2D eigenvalue weighted by Gasteiger charge is -2.36. The van der Waals surface area contributed by atoms with Gasteiger partial charge in [0.25, 0.3) is 0 Å². The number of nitrogens with one attached hydrogen (secondary N) is 1. The quantitative estimate of drug-likeness (QED) is 0.784. The van der Waals surface area contributed by atoms with Crippen LogP contribution in [0.3, 0.4) is 0 Å². The predicted molar refractivity (Wildman–Crippen MR) is 110 cm³/mol. The number of hydrogen-bond donors (Lipinski definition) is 2. The van der Waals surface area contributed by atoms with Gasteiger partial charge >= 0.3 is 0 Å². The zero-order valence-corrected chi connectivity index (χ0v) is 16.5. The zero-order valence-electron chi connectivity index (χ0n) is 16.5. The molecule has 1 aromatic carbocycles. The third-order valence-electron chi connectivity index (χ3n) is 5.37. The van der Waals surface area contributed by atoms with Gasteiger partial charge in [0, 0.05) is 38.8 Å². The minimum absolute atomic E-state index is 0.311. The Morgan fingerprint density at radius 2 is 1.93 bits per heavy atom. The molecule has 28 heavy (non-hydrogen) atoms. The van der Waals surface area contributed by atoms with Gasteiger partial charge in [0.15, 0.2) is 23.1 Å². The molecule has 0 spiro atoms. The van der Waals surface area contributed by atoms with Crippen molar-refractivity contribution in [3.05, 3.63) is 30.1 Å². The van der Waals surface area contributed by atoms with E-state index in [4.69, 9.17) is 15.2 Å². The number of nitrogens with zero attached hydrogens (tertiary/aromatic N) is 4. The molecule has 8 nitrogen and oxygen atoms in total. The number of nitrogen functional groups attached to an aromatic ring is 1. The Balaban J connectivity index is 1.37. The molecule has 0 radical (unpaired) electrons. The molecule has 1 aromatic heterocycles. The molecule has 2 aliphatic rings. The second-order valence-electron chi connectivity index (χ2n) is 7.36. The van der Waals surface area contributed by atoms with Crippen molar-refractivity contribution in [2.24, 2.45) is 0 Å². The maximum atomic E-state index is 6.36. The summed E-state index contributed by atoms with van der Waals surface area (Å²) in [6.07, 6.45) is 2.60. The van der Waals surface area contributed by atoms with E-state index in [1.165, 1.54) is 5.56 Å². The first-order valence-corrected chi connectivity index (χ1v) is 9.87. The second kappa shape index (κ2) is 8.10. The van der Waals surface area contributed by atoms with E-state index >= 15 is 0 Å². The molecular formula is C20H28N6O2. The third-order valence-corrected chi connectivity index (χ3v) is 5.37. The zero-order chi connectivity index (χ0) is 19.5. The summed E-state index contributed by atoms with van der Waals surface area (Å²) in [4.78, 5) is 13.4. The van der Waals surface area contributed by atoms with Crippen LogP contribution < -0.4 is 25.4 Å². The Bertz CT molecular complexity index is 822. The maximum absolute atomic E-state index is 6.36. The summed E-state index contributed by atoms with van der Waals surface area (Å²) >= 11 is 0. The molecule has 8 heteroatoms.